The molecule has 0 aromatic heterocycles. The van der Waals surface area contributed by atoms with E-state index in [1.54, 1.807) is 0 Å². The van der Waals surface area contributed by atoms with E-state index in [1.807, 2.05) is 24.3 Å². The summed E-state index contributed by atoms with van der Waals surface area (Å²) in [5, 5.41) is 0. The Bertz CT molecular complexity index is 1110. The largest absolute Gasteiger partial charge is 0.468 e. The number of nitrogens with zero attached hydrogens (tertiary/aromatic N) is 1. The molecule has 0 saturated carbocycles. The number of methoxy groups -OCH3 is 1. The molecular formula is C25H29NO4S. The van der Waals surface area contributed by atoms with Crippen LogP contribution >= 0.6 is 0 Å². The first-order valence-corrected chi connectivity index (χ1v) is 11.7. The van der Waals surface area contributed by atoms with E-state index in [-0.39, 0.29) is 13.0 Å². The van der Waals surface area contributed by atoms with Gasteiger partial charge in [-0.2, -0.15) is 4.31 Å². The maximum Gasteiger partial charge on any atom is 0.328 e. The molecule has 1 aliphatic rings. The molecule has 3 rings (SSSR count). The number of ether oxygens (including phenoxy) is 1. The van der Waals surface area contributed by atoms with Crippen LogP contribution in [0.5, 0.6) is 0 Å². The van der Waals surface area contributed by atoms with Crippen molar-refractivity contribution < 1.29 is 17.9 Å². The Morgan fingerprint density at radius 2 is 1.90 bits per heavy atom. The van der Waals surface area contributed by atoms with E-state index in [2.05, 4.69) is 43.8 Å². The molecular weight excluding hydrogens is 410 g/mol. The van der Waals surface area contributed by atoms with Crippen LogP contribution in [0.3, 0.4) is 0 Å². The van der Waals surface area contributed by atoms with E-state index in [4.69, 9.17) is 4.74 Å². The second-order valence-electron chi connectivity index (χ2n) is 7.95. The number of hydrogen-bond acceptors (Lipinski definition) is 4. The van der Waals surface area contributed by atoms with Crippen molar-refractivity contribution in [3.63, 3.8) is 0 Å². The smallest absolute Gasteiger partial charge is 0.328 e. The van der Waals surface area contributed by atoms with Gasteiger partial charge in [-0.25, -0.2) is 8.42 Å². The Hall–Kier alpha value is -2.70. The van der Waals surface area contributed by atoms with Gasteiger partial charge in [0.25, 0.3) is 0 Å². The lowest BCUT2D eigenvalue weighted by atomic mass is 9.94. The van der Waals surface area contributed by atoms with Gasteiger partial charge in [0, 0.05) is 13.1 Å². The van der Waals surface area contributed by atoms with Gasteiger partial charge in [0.2, 0.25) is 10.0 Å². The first-order valence-electron chi connectivity index (χ1n) is 10.3. The van der Waals surface area contributed by atoms with Crippen LogP contribution in [-0.2, 0) is 19.6 Å². The zero-order valence-corrected chi connectivity index (χ0v) is 19.1. The second kappa shape index (κ2) is 9.20. The number of carbonyl (C=O) groups excluding carboxylic acids is 1. The van der Waals surface area contributed by atoms with E-state index < -0.39 is 20.7 Å². The molecule has 0 saturated heterocycles. The van der Waals surface area contributed by atoms with Gasteiger partial charge in [0.15, 0.2) is 4.75 Å². The molecule has 2 aromatic carbocycles. The number of esters is 1. The molecule has 0 amide bonds. The number of allylic oxidation sites excluding steroid dienone is 1. The van der Waals surface area contributed by atoms with Gasteiger partial charge in [-0.1, -0.05) is 60.7 Å². The van der Waals surface area contributed by atoms with Gasteiger partial charge >= 0.3 is 5.97 Å². The van der Waals surface area contributed by atoms with Crippen molar-refractivity contribution in [2.75, 3.05) is 20.2 Å². The fourth-order valence-corrected chi connectivity index (χ4v) is 5.80. The first kappa shape index (κ1) is 23.0. The van der Waals surface area contributed by atoms with Crippen molar-refractivity contribution in [2.45, 2.75) is 31.4 Å². The summed E-state index contributed by atoms with van der Waals surface area (Å²) >= 11 is 0. The highest BCUT2D eigenvalue weighted by molar-refractivity contribution is 7.91. The highest BCUT2D eigenvalue weighted by Crippen LogP contribution is 2.33. The zero-order chi connectivity index (χ0) is 22.6. The minimum absolute atomic E-state index is 0.00474. The van der Waals surface area contributed by atoms with Crippen LogP contribution in [0, 0.1) is 6.92 Å². The highest BCUT2D eigenvalue weighted by Gasteiger charge is 2.49. The fourth-order valence-electron chi connectivity index (χ4n) is 4.01. The van der Waals surface area contributed by atoms with Crippen molar-refractivity contribution in [1.29, 1.82) is 0 Å². The van der Waals surface area contributed by atoms with Crippen molar-refractivity contribution >= 4 is 21.6 Å². The number of benzene rings is 2. The summed E-state index contributed by atoms with van der Waals surface area (Å²) in [5.74, 6) is -0.769. The fraction of sp³-hybridized carbons (Fsp3) is 0.320. The maximum atomic E-state index is 13.2. The first-order chi connectivity index (χ1) is 14.7. The monoisotopic (exact) mass is 439 g/mol. The molecule has 0 aliphatic carbocycles. The SMILES string of the molecule is C=CCC(C)(C(=O)OC)S(=O)(=O)N1CC=C(c2ccc(-c3ccccc3)c(C)c2)CC1. The van der Waals surface area contributed by atoms with Gasteiger partial charge in [-0.3, -0.25) is 4.79 Å². The van der Waals surface area contributed by atoms with Crippen molar-refractivity contribution in [1.82, 2.24) is 4.31 Å². The Balaban J connectivity index is 1.83. The standard InChI is InChI=1S/C25H29NO4S/c1-5-15-25(3,24(27)30-4)31(28,29)26-16-13-20(14-17-26)22-11-12-23(19(2)18-22)21-9-7-6-8-10-21/h5-13,18H,1,14-17H2,2-4H3. The Morgan fingerprint density at radius 3 is 2.45 bits per heavy atom. The molecule has 164 valence electrons. The van der Waals surface area contributed by atoms with E-state index in [9.17, 15) is 13.2 Å². The topological polar surface area (TPSA) is 63.7 Å². The molecule has 0 radical (unpaired) electrons. The van der Waals surface area contributed by atoms with E-state index in [0.717, 1.165) is 11.1 Å². The van der Waals surface area contributed by atoms with Gasteiger partial charge in [0.05, 0.1) is 7.11 Å². The molecule has 5 nitrogen and oxygen atoms in total. The predicted octanol–water partition coefficient (Wildman–Crippen LogP) is 4.59. The Morgan fingerprint density at radius 1 is 1.19 bits per heavy atom. The number of aryl methyl sites for hydroxylation is 1. The van der Waals surface area contributed by atoms with Gasteiger partial charge in [-0.05, 0) is 54.5 Å². The maximum absolute atomic E-state index is 13.2. The molecule has 1 heterocycles. The molecule has 2 aromatic rings. The third kappa shape index (κ3) is 4.36. The van der Waals surface area contributed by atoms with Crippen LogP contribution in [0.4, 0.5) is 0 Å². The van der Waals surface area contributed by atoms with E-state index in [0.29, 0.717) is 13.0 Å². The predicted molar refractivity (Wildman–Crippen MR) is 125 cm³/mol. The minimum atomic E-state index is -3.91. The molecule has 31 heavy (non-hydrogen) atoms. The molecule has 6 heteroatoms. The molecule has 0 bridgehead atoms. The van der Waals surface area contributed by atoms with Crippen LogP contribution in [0.2, 0.25) is 0 Å². The molecule has 0 spiro atoms. The van der Waals surface area contributed by atoms with Gasteiger partial charge in [-0.15, -0.1) is 6.58 Å². The van der Waals surface area contributed by atoms with Crippen LogP contribution in [0.1, 0.15) is 30.9 Å². The summed E-state index contributed by atoms with van der Waals surface area (Å²) < 4.78 is 31.0. The lowest BCUT2D eigenvalue weighted by Crippen LogP contribution is -2.52. The van der Waals surface area contributed by atoms with Gasteiger partial charge in [0.1, 0.15) is 0 Å². The molecule has 0 fully saturated rings. The minimum Gasteiger partial charge on any atom is -0.468 e. The van der Waals surface area contributed by atoms with Crippen LogP contribution in [0.25, 0.3) is 16.7 Å². The normalized spacial score (nSPS) is 16.8. The lowest BCUT2D eigenvalue weighted by molar-refractivity contribution is -0.143. The number of hydrogen-bond donors (Lipinski definition) is 0. The molecule has 1 atom stereocenters. The number of carbonyl (C=O) groups is 1. The van der Waals surface area contributed by atoms with Crippen LogP contribution < -0.4 is 0 Å². The summed E-state index contributed by atoms with van der Waals surface area (Å²) in [6.45, 7) is 7.64. The van der Waals surface area contributed by atoms with E-state index in [1.165, 1.54) is 41.1 Å². The third-order valence-electron chi connectivity index (χ3n) is 5.91. The summed E-state index contributed by atoms with van der Waals surface area (Å²) in [7, 11) is -2.71. The highest BCUT2D eigenvalue weighted by atomic mass is 32.2. The van der Waals surface area contributed by atoms with Crippen molar-refractivity contribution in [3.05, 3.63) is 78.4 Å². The summed E-state index contributed by atoms with van der Waals surface area (Å²) in [5.41, 5.74) is 5.73. The summed E-state index contributed by atoms with van der Waals surface area (Å²) in [4.78, 5) is 12.3. The summed E-state index contributed by atoms with van der Waals surface area (Å²) in [6, 6.07) is 16.6. The quantitative estimate of drug-likeness (QED) is 0.468. The van der Waals surface area contributed by atoms with Crippen LogP contribution in [0.15, 0.2) is 67.3 Å². The Kier molecular flexibility index (Phi) is 6.82. The second-order valence-corrected chi connectivity index (χ2v) is 10.3. The summed E-state index contributed by atoms with van der Waals surface area (Å²) in [6.07, 6.45) is 3.95. The van der Waals surface area contributed by atoms with Gasteiger partial charge < -0.3 is 4.74 Å². The average Bonchev–Trinajstić information content (AvgIpc) is 2.79. The van der Waals surface area contributed by atoms with Crippen LogP contribution in [-0.4, -0.2) is 43.6 Å². The van der Waals surface area contributed by atoms with Crippen molar-refractivity contribution in [3.8, 4) is 11.1 Å². The zero-order valence-electron chi connectivity index (χ0n) is 18.3. The molecule has 1 aliphatic heterocycles. The molecule has 0 N–H and O–H groups in total. The van der Waals surface area contributed by atoms with E-state index >= 15 is 0 Å². The Labute approximate surface area is 185 Å². The molecule has 1 unspecified atom stereocenters. The number of rotatable bonds is 7. The number of sulfonamides is 1. The lowest BCUT2D eigenvalue weighted by Gasteiger charge is -2.34. The van der Waals surface area contributed by atoms with Crippen molar-refractivity contribution in [2.24, 2.45) is 0 Å². The average molecular weight is 440 g/mol. The third-order valence-corrected chi connectivity index (χ3v) is 8.40.